The summed E-state index contributed by atoms with van der Waals surface area (Å²) in [5.74, 6) is 0.0900. The quantitative estimate of drug-likeness (QED) is 0.646. The molecule has 82 valence electrons. The lowest BCUT2D eigenvalue weighted by Gasteiger charge is -2.23. The molecule has 0 aliphatic carbocycles. The van der Waals surface area contributed by atoms with E-state index in [2.05, 4.69) is 5.32 Å². The van der Waals surface area contributed by atoms with Crippen molar-refractivity contribution >= 4 is 5.91 Å². The van der Waals surface area contributed by atoms with Crippen LogP contribution in [0.1, 0.15) is 19.8 Å². The predicted octanol–water partition coefficient (Wildman–Crippen LogP) is 0.233. The fraction of sp³-hybridized carbons (Fsp3) is 0.900. The van der Waals surface area contributed by atoms with E-state index in [1.165, 1.54) is 0 Å². The molecule has 0 aromatic carbocycles. The van der Waals surface area contributed by atoms with Crippen molar-refractivity contribution in [2.75, 3.05) is 33.4 Å². The van der Waals surface area contributed by atoms with E-state index >= 15 is 0 Å². The van der Waals surface area contributed by atoms with E-state index in [4.69, 9.17) is 4.74 Å². The third-order valence-electron chi connectivity index (χ3n) is 2.55. The molecule has 1 fully saturated rings. The molecule has 1 N–H and O–H groups in total. The average molecular weight is 200 g/mol. The summed E-state index contributed by atoms with van der Waals surface area (Å²) in [7, 11) is 1.86. The van der Waals surface area contributed by atoms with Gasteiger partial charge in [0.15, 0.2) is 0 Å². The number of ether oxygens (including phenoxy) is 1. The van der Waals surface area contributed by atoms with Crippen LogP contribution in [-0.4, -0.2) is 50.2 Å². The summed E-state index contributed by atoms with van der Waals surface area (Å²) in [5, 5.41) is 3.24. The Labute approximate surface area is 85.6 Å². The number of hydrogen-bond donors (Lipinski definition) is 1. The second-order valence-corrected chi connectivity index (χ2v) is 3.70. The van der Waals surface area contributed by atoms with E-state index in [0.717, 1.165) is 25.9 Å². The molecule has 1 aliphatic heterocycles. The third-order valence-corrected chi connectivity index (χ3v) is 2.55. The highest BCUT2D eigenvalue weighted by atomic mass is 16.5. The summed E-state index contributed by atoms with van der Waals surface area (Å²) in [4.78, 5) is 13.4. The van der Waals surface area contributed by atoms with Crippen LogP contribution in [0.5, 0.6) is 0 Å². The molecule has 4 heteroatoms. The fourth-order valence-electron chi connectivity index (χ4n) is 1.58. The number of carbonyl (C=O) groups excluding carboxylic acids is 1. The van der Waals surface area contributed by atoms with Gasteiger partial charge in [-0.1, -0.05) is 6.92 Å². The molecule has 1 aliphatic rings. The van der Waals surface area contributed by atoms with E-state index in [0.29, 0.717) is 12.6 Å². The van der Waals surface area contributed by atoms with Crippen molar-refractivity contribution in [1.82, 2.24) is 10.2 Å². The SMILES string of the molecule is CCCOCC(=O)N(C)C1CCNC1. The Morgan fingerprint density at radius 2 is 2.43 bits per heavy atom. The fourth-order valence-corrected chi connectivity index (χ4v) is 1.58. The van der Waals surface area contributed by atoms with Gasteiger partial charge in [0, 0.05) is 26.2 Å². The van der Waals surface area contributed by atoms with Crippen LogP contribution in [0.25, 0.3) is 0 Å². The van der Waals surface area contributed by atoms with Gasteiger partial charge in [-0.3, -0.25) is 4.79 Å². The monoisotopic (exact) mass is 200 g/mol. The molecular formula is C10H20N2O2. The second kappa shape index (κ2) is 5.98. The minimum absolute atomic E-state index is 0.0900. The molecule has 0 aromatic rings. The molecule has 1 atom stereocenters. The van der Waals surface area contributed by atoms with Gasteiger partial charge in [0.05, 0.1) is 0 Å². The smallest absolute Gasteiger partial charge is 0.248 e. The van der Waals surface area contributed by atoms with Gasteiger partial charge < -0.3 is 15.0 Å². The molecule has 0 aromatic heterocycles. The summed E-state index contributed by atoms with van der Waals surface area (Å²) in [6.45, 7) is 4.85. The molecular weight excluding hydrogens is 180 g/mol. The first-order chi connectivity index (χ1) is 6.75. The Balaban J connectivity index is 2.21. The van der Waals surface area contributed by atoms with E-state index in [1.54, 1.807) is 4.90 Å². The molecule has 1 unspecified atom stereocenters. The zero-order chi connectivity index (χ0) is 10.4. The standard InChI is InChI=1S/C10H20N2O2/c1-3-6-14-8-10(13)12(2)9-4-5-11-7-9/h9,11H,3-8H2,1-2H3. The first kappa shape index (κ1) is 11.5. The zero-order valence-corrected chi connectivity index (χ0v) is 9.08. The maximum atomic E-state index is 11.6. The third kappa shape index (κ3) is 3.27. The van der Waals surface area contributed by atoms with Crippen molar-refractivity contribution in [2.45, 2.75) is 25.8 Å². The summed E-state index contributed by atoms with van der Waals surface area (Å²) in [6.07, 6.45) is 2.01. The molecule has 1 saturated heterocycles. The second-order valence-electron chi connectivity index (χ2n) is 3.70. The zero-order valence-electron chi connectivity index (χ0n) is 9.08. The van der Waals surface area contributed by atoms with Crippen molar-refractivity contribution in [2.24, 2.45) is 0 Å². The van der Waals surface area contributed by atoms with Crippen LogP contribution >= 0.6 is 0 Å². The molecule has 14 heavy (non-hydrogen) atoms. The summed E-state index contributed by atoms with van der Waals surface area (Å²) in [6, 6.07) is 0.354. The van der Waals surface area contributed by atoms with Crippen molar-refractivity contribution in [3.8, 4) is 0 Å². The number of likely N-dealkylation sites (N-methyl/N-ethyl adjacent to an activating group) is 1. The van der Waals surface area contributed by atoms with Gasteiger partial charge in [-0.05, 0) is 19.4 Å². The van der Waals surface area contributed by atoms with E-state index in [-0.39, 0.29) is 12.5 Å². The van der Waals surface area contributed by atoms with Crippen molar-refractivity contribution < 1.29 is 9.53 Å². The van der Waals surface area contributed by atoms with Gasteiger partial charge in [0.25, 0.3) is 0 Å². The summed E-state index contributed by atoms with van der Waals surface area (Å²) in [5.41, 5.74) is 0. The Morgan fingerprint density at radius 1 is 1.64 bits per heavy atom. The Hall–Kier alpha value is -0.610. The number of nitrogens with one attached hydrogen (secondary N) is 1. The molecule has 0 spiro atoms. The number of hydrogen-bond acceptors (Lipinski definition) is 3. The van der Waals surface area contributed by atoms with Crippen LogP contribution in [0.4, 0.5) is 0 Å². The Morgan fingerprint density at radius 3 is 3.00 bits per heavy atom. The molecule has 0 radical (unpaired) electrons. The first-order valence-electron chi connectivity index (χ1n) is 5.29. The molecule has 1 rings (SSSR count). The van der Waals surface area contributed by atoms with E-state index in [9.17, 15) is 4.79 Å². The van der Waals surface area contributed by atoms with Crippen LogP contribution in [-0.2, 0) is 9.53 Å². The van der Waals surface area contributed by atoms with Gasteiger partial charge in [0.1, 0.15) is 6.61 Å². The van der Waals surface area contributed by atoms with Crippen molar-refractivity contribution in [1.29, 1.82) is 0 Å². The van der Waals surface area contributed by atoms with Crippen LogP contribution in [0.3, 0.4) is 0 Å². The average Bonchev–Trinajstić information content (AvgIpc) is 2.69. The highest BCUT2D eigenvalue weighted by Crippen LogP contribution is 2.06. The lowest BCUT2D eigenvalue weighted by atomic mass is 10.2. The van der Waals surface area contributed by atoms with Crippen LogP contribution < -0.4 is 5.32 Å². The lowest BCUT2D eigenvalue weighted by molar-refractivity contribution is -0.136. The predicted molar refractivity (Wildman–Crippen MR) is 55.2 cm³/mol. The topological polar surface area (TPSA) is 41.6 Å². The van der Waals surface area contributed by atoms with Crippen LogP contribution in [0.2, 0.25) is 0 Å². The largest absolute Gasteiger partial charge is 0.372 e. The van der Waals surface area contributed by atoms with Crippen LogP contribution in [0.15, 0.2) is 0 Å². The van der Waals surface area contributed by atoms with Gasteiger partial charge in [-0.2, -0.15) is 0 Å². The summed E-state index contributed by atoms with van der Waals surface area (Å²) >= 11 is 0. The van der Waals surface area contributed by atoms with Gasteiger partial charge in [0.2, 0.25) is 5.91 Å². The van der Waals surface area contributed by atoms with Crippen molar-refractivity contribution in [3.63, 3.8) is 0 Å². The number of nitrogens with zero attached hydrogens (tertiary/aromatic N) is 1. The number of amides is 1. The number of carbonyl (C=O) groups is 1. The van der Waals surface area contributed by atoms with Gasteiger partial charge in [-0.15, -0.1) is 0 Å². The van der Waals surface area contributed by atoms with Crippen LogP contribution in [0, 0.1) is 0 Å². The highest BCUT2D eigenvalue weighted by molar-refractivity contribution is 5.77. The maximum Gasteiger partial charge on any atom is 0.248 e. The molecule has 1 heterocycles. The minimum atomic E-state index is 0.0900. The lowest BCUT2D eigenvalue weighted by Crippen LogP contribution is -2.40. The molecule has 1 amide bonds. The molecule has 0 bridgehead atoms. The van der Waals surface area contributed by atoms with Gasteiger partial charge in [-0.25, -0.2) is 0 Å². The number of rotatable bonds is 5. The minimum Gasteiger partial charge on any atom is -0.372 e. The van der Waals surface area contributed by atoms with Gasteiger partial charge >= 0.3 is 0 Å². The first-order valence-corrected chi connectivity index (χ1v) is 5.29. The Bertz CT molecular complexity index is 179. The highest BCUT2D eigenvalue weighted by Gasteiger charge is 2.22. The normalized spacial score (nSPS) is 21.1. The van der Waals surface area contributed by atoms with Crippen molar-refractivity contribution in [3.05, 3.63) is 0 Å². The summed E-state index contributed by atoms with van der Waals surface area (Å²) < 4.78 is 5.21. The molecule has 4 nitrogen and oxygen atoms in total. The molecule has 0 saturated carbocycles. The van der Waals surface area contributed by atoms with E-state index in [1.807, 2.05) is 14.0 Å². The maximum absolute atomic E-state index is 11.6. The van der Waals surface area contributed by atoms with E-state index < -0.39 is 0 Å². The Kier molecular flexibility index (Phi) is 4.90.